The molecule has 0 aromatic carbocycles. The van der Waals surface area contributed by atoms with Gasteiger partial charge in [-0.05, 0) is 34.2 Å². The largest absolute Gasteiger partial charge is 0.396 e. The normalized spacial score (nSPS) is 34.9. The van der Waals surface area contributed by atoms with Crippen molar-refractivity contribution in [3.63, 3.8) is 0 Å². The number of halogens is 1. The van der Waals surface area contributed by atoms with Crippen molar-refractivity contribution in [1.82, 2.24) is 9.97 Å². The van der Waals surface area contributed by atoms with E-state index in [0.29, 0.717) is 5.82 Å². The third kappa shape index (κ3) is 1.91. The van der Waals surface area contributed by atoms with E-state index in [1.54, 1.807) is 12.4 Å². The Morgan fingerprint density at radius 2 is 2.00 bits per heavy atom. The lowest BCUT2D eigenvalue weighted by atomic mass is 9.58. The van der Waals surface area contributed by atoms with Crippen molar-refractivity contribution in [2.45, 2.75) is 25.3 Å². The van der Waals surface area contributed by atoms with Crippen LogP contribution in [0.5, 0.6) is 0 Å². The lowest BCUT2D eigenvalue weighted by Crippen LogP contribution is -2.56. The number of aliphatic hydroxyl groups is 1. The van der Waals surface area contributed by atoms with Gasteiger partial charge >= 0.3 is 0 Å². The fraction of sp³-hybridized carbons (Fsp3) is 0.600. The van der Waals surface area contributed by atoms with Gasteiger partial charge in [0.05, 0.1) is 10.0 Å². The minimum Gasteiger partial charge on any atom is -0.396 e. The molecule has 1 aromatic heterocycles. The Bertz CT molecular complexity index is 359. The molecule has 4 nitrogen and oxygen atoms in total. The van der Waals surface area contributed by atoms with Crippen LogP contribution in [0.25, 0.3) is 0 Å². The van der Waals surface area contributed by atoms with Crippen molar-refractivity contribution < 1.29 is 5.11 Å². The quantitative estimate of drug-likeness (QED) is 0.848. The highest BCUT2D eigenvalue weighted by Gasteiger charge is 2.51. The summed E-state index contributed by atoms with van der Waals surface area (Å²) < 4.78 is 0.846. The van der Waals surface area contributed by atoms with Crippen LogP contribution in [0.3, 0.4) is 0 Å². The smallest absolute Gasteiger partial charge is 0.148 e. The van der Waals surface area contributed by atoms with E-state index in [1.807, 2.05) is 6.92 Å². The second-order valence-corrected chi connectivity index (χ2v) is 5.62. The van der Waals surface area contributed by atoms with Crippen molar-refractivity contribution >= 4 is 15.9 Å². The van der Waals surface area contributed by atoms with E-state index < -0.39 is 5.54 Å². The summed E-state index contributed by atoms with van der Waals surface area (Å²) in [5.41, 5.74) is 5.65. The van der Waals surface area contributed by atoms with Crippen molar-refractivity contribution in [3.8, 4) is 0 Å². The summed E-state index contributed by atoms with van der Waals surface area (Å²) in [6.45, 7) is 2.19. The van der Waals surface area contributed by atoms with Crippen LogP contribution in [0.2, 0.25) is 0 Å². The fourth-order valence-electron chi connectivity index (χ4n) is 2.31. The summed E-state index contributed by atoms with van der Waals surface area (Å²) in [5, 5.41) is 9.16. The number of aromatic nitrogens is 2. The van der Waals surface area contributed by atoms with Crippen LogP contribution in [-0.4, -0.2) is 21.7 Å². The predicted octanol–water partition coefficient (Wildman–Crippen LogP) is 1.19. The molecule has 0 amide bonds. The van der Waals surface area contributed by atoms with E-state index in [4.69, 9.17) is 10.8 Å². The van der Waals surface area contributed by atoms with Gasteiger partial charge in [0.25, 0.3) is 0 Å². The lowest BCUT2D eigenvalue weighted by Gasteiger charge is -2.50. The average Bonchev–Trinajstić information content (AvgIpc) is 2.16. The SMILES string of the molecule is CC1(CO)CC(N)(c2ncc(Br)cn2)C1. The second-order valence-electron chi connectivity index (χ2n) is 4.70. The first kappa shape index (κ1) is 11.0. The molecule has 1 fully saturated rings. The number of rotatable bonds is 2. The summed E-state index contributed by atoms with van der Waals surface area (Å²) in [4.78, 5) is 8.41. The molecule has 1 saturated carbocycles. The van der Waals surface area contributed by atoms with Crippen molar-refractivity contribution in [1.29, 1.82) is 0 Å². The molecular weight excluding hydrogens is 258 g/mol. The Hall–Kier alpha value is -0.520. The average molecular weight is 272 g/mol. The molecule has 1 aliphatic carbocycles. The van der Waals surface area contributed by atoms with Gasteiger partial charge in [-0.1, -0.05) is 6.92 Å². The van der Waals surface area contributed by atoms with Crippen molar-refractivity contribution in [3.05, 3.63) is 22.7 Å². The van der Waals surface area contributed by atoms with Gasteiger partial charge in [0.15, 0.2) is 0 Å². The minimum atomic E-state index is -0.460. The Kier molecular flexibility index (Phi) is 2.56. The molecule has 0 unspecified atom stereocenters. The lowest BCUT2D eigenvalue weighted by molar-refractivity contribution is -0.0148. The van der Waals surface area contributed by atoms with Crippen molar-refractivity contribution in [2.75, 3.05) is 6.61 Å². The van der Waals surface area contributed by atoms with Crippen LogP contribution < -0.4 is 5.73 Å². The molecule has 0 atom stereocenters. The number of hydrogen-bond donors (Lipinski definition) is 2. The summed E-state index contributed by atoms with van der Waals surface area (Å²) in [6.07, 6.45) is 4.87. The first-order valence-corrected chi connectivity index (χ1v) is 5.65. The second kappa shape index (κ2) is 3.50. The maximum atomic E-state index is 9.16. The van der Waals surface area contributed by atoms with Gasteiger partial charge in [0, 0.05) is 19.0 Å². The van der Waals surface area contributed by atoms with E-state index in [0.717, 1.165) is 17.3 Å². The van der Waals surface area contributed by atoms with E-state index in [1.165, 1.54) is 0 Å². The van der Waals surface area contributed by atoms with Gasteiger partial charge in [0.2, 0.25) is 0 Å². The zero-order valence-corrected chi connectivity index (χ0v) is 10.2. The van der Waals surface area contributed by atoms with E-state index in [2.05, 4.69) is 25.9 Å². The van der Waals surface area contributed by atoms with Crippen LogP contribution in [0.15, 0.2) is 16.9 Å². The highest BCUT2D eigenvalue weighted by Crippen LogP contribution is 2.50. The topological polar surface area (TPSA) is 72.0 Å². The monoisotopic (exact) mass is 271 g/mol. The van der Waals surface area contributed by atoms with Crippen LogP contribution in [0.1, 0.15) is 25.6 Å². The summed E-state index contributed by atoms with van der Waals surface area (Å²) >= 11 is 3.28. The maximum Gasteiger partial charge on any atom is 0.148 e. The molecule has 0 radical (unpaired) electrons. The van der Waals surface area contributed by atoms with Crippen LogP contribution in [0.4, 0.5) is 0 Å². The molecule has 0 saturated heterocycles. The van der Waals surface area contributed by atoms with E-state index in [-0.39, 0.29) is 12.0 Å². The van der Waals surface area contributed by atoms with Gasteiger partial charge in [-0.25, -0.2) is 9.97 Å². The third-order valence-corrected chi connectivity index (χ3v) is 3.34. The molecule has 0 bridgehead atoms. The Labute approximate surface area is 97.1 Å². The molecular formula is C10H14BrN3O. The molecule has 1 aliphatic rings. The maximum absolute atomic E-state index is 9.16. The predicted molar refractivity (Wildman–Crippen MR) is 60.0 cm³/mol. The van der Waals surface area contributed by atoms with Crippen LogP contribution >= 0.6 is 15.9 Å². The van der Waals surface area contributed by atoms with E-state index >= 15 is 0 Å². The summed E-state index contributed by atoms with van der Waals surface area (Å²) in [7, 11) is 0. The third-order valence-electron chi connectivity index (χ3n) is 2.93. The van der Waals surface area contributed by atoms with Crippen molar-refractivity contribution in [2.24, 2.45) is 11.1 Å². The zero-order valence-electron chi connectivity index (χ0n) is 8.57. The molecule has 82 valence electrons. The fourth-order valence-corrected chi connectivity index (χ4v) is 2.52. The zero-order chi connectivity index (χ0) is 11.1. The first-order chi connectivity index (χ1) is 6.97. The summed E-state index contributed by atoms with van der Waals surface area (Å²) in [5.74, 6) is 0.664. The van der Waals surface area contributed by atoms with Crippen LogP contribution in [0, 0.1) is 5.41 Å². The van der Waals surface area contributed by atoms with Gasteiger partial charge in [0.1, 0.15) is 5.82 Å². The molecule has 3 N–H and O–H groups in total. The van der Waals surface area contributed by atoms with Gasteiger partial charge in [-0.3, -0.25) is 0 Å². The molecule has 0 spiro atoms. The molecule has 0 aliphatic heterocycles. The number of aliphatic hydroxyl groups excluding tert-OH is 1. The molecule has 15 heavy (non-hydrogen) atoms. The Morgan fingerprint density at radius 1 is 1.47 bits per heavy atom. The number of nitrogens with two attached hydrogens (primary N) is 1. The first-order valence-electron chi connectivity index (χ1n) is 4.85. The molecule has 2 rings (SSSR count). The summed E-state index contributed by atoms with van der Waals surface area (Å²) in [6, 6.07) is 0. The molecule has 1 heterocycles. The molecule has 5 heteroatoms. The highest BCUT2D eigenvalue weighted by molar-refractivity contribution is 9.10. The van der Waals surface area contributed by atoms with Crippen LogP contribution in [-0.2, 0) is 5.54 Å². The van der Waals surface area contributed by atoms with Gasteiger partial charge in [-0.2, -0.15) is 0 Å². The Morgan fingerprint density at radius 3 is 2.47 bits per heavy atom. The molecule has 1 aromatic rings. The van der Waals surface area contributed by atoms with E-state index in [9.17, 15) is 0 Å². The van der Waals surface area contributed by atoms with Gasteiger partial charge in [-0.15, -0.1) is 0 Å². The number of nitrogens with zero attached hydrogens (tertiary/aromatic N) is 2. The number of hydrogen-bond acceptors (Lipinski definition) is 4. The minimum absolute atomic E-state index is 0.0643. The van der Waals surface area contributed by atoms with Gasteiger partial charge < -0.3 is 10.8 Å². The standard InChI is InChI=1S/C10H14BrN3O/c1-9(6-15)4-10(12,5-9)8-13-2-7(11)3-14-8/h2-3,15H,4-6,12H2,1H3. The highest BCUT2D eigenvalue weighted by atomic mass is 79.9. The Balaban J connectivity index is 2.16.